The minimum Gasteiger partial charge on any atom is -0.311 e. The first-order valence-electron chi connectivity index (χ1n) is 5.86. The van der Waals surface area contributed by atoms with Crippen molar-refractivity contribution in [1.29, 1.82) is 0 Å². The van der Waals surface area contributed by atoms with Crippen molar-refractivity contribution in [3.05, 3.63) is 0 Å². The van der Waals surface area contributed by atoms with Gasteiger partial charge in [-0.25, -0.2) is 0 Å². The number of thioether (sulfide) groups is 1. The summed E-state index contributed by atoms with van der Waals surface area (Å²) in [5, 5.41) is 3.76. The Morgan fingerprint density at radius 2 is 1.79 bits per heavy atom. The van der Waals surface area contributed by atoms with E-state index >= 15 is 0 Å². The van der Waals surface area contributed by atoms with Crippen LogP contribution < -0.4 is 5.32 Å². The van der Waals surface area contributed by atoms with Crippen LogP contribution in [0.3, 0.4) is 0 Å². The second kappa shape index (κ2) is 6.02. The molecule has 0 aromatic carbocycles. The number of rotatable bonds is 4. The second-order valence-electron chi connectivity index (χ2n) is 5.14. The molecular formula is C12H25NS. The van der Waals surface area contributed by atoms with Gasteiger partial charge in [0, 0.05) is 17.8 Å². The molecule has 0 aliphatic heterocycles. The third-order valence-electron chi connectivity index (χ3n) is 3.12. The summed E-state index contributed by atoms with van der Waals surface area (Å²) < 4.78 is 0. The van der Waals surface area contributed by atoms with Crippen molar-refractivity contribution < 1.29 is 0 Å². The lowest BCUT2D eigenvalue weighted by molar-refractivity contribution is 0.231. The van der Waals surface area contributed by atoms with Crippen LogP contribution in [-0.4, -0.2) is 24.1 Å². The highest BCUT2D eigenvalue weighted by atomic mass is 32.2. The van der Waals surface area contributed by atoms with Crippen LogP contribution in [0.2, 0.25) is 0 Å². The molecule has 3 atom stereocenters. The van der Waals surface area contributed by atoms with Gasteiger partial charge in [-0.15, -0.1) is 0 Å². The molecule has 1 rings (SSSR count). The Hall–Kier alpha value is 0.310. The molecule has 1 aliphatic carbocycles. The summed E-state index contributed by atoms with van der Waals surface area (Å²) in [4.78, 5) is 0. The van der Waals surface area contributed by atoms with E-state index in [1.165, 1.54) is 25.0 Å². The predicted molar refractivity (Wildman–Crippen MR) is 66.9 cm³/mol. The summed E-state index contributed by atoms with van der Waals surface area (Å²) in [5.41, 5.74) is 0. The molecule has 0 spiro atoms. The van der Waals surface area contributed by atoms with Crippen LogP contribution in [0.4, 0.5) is 0 Å². The van der Waals surface area contributed by atoms with E-state index in [4.69, 9.17) is 0 Å². The van der Waals surface area contributed by atoms with E-state index in [1.807, 2.05) is 11.8 Å². The van der Waals surface area contributed by atoms with Crippen LogP contribution in [0.5, 0.6) is 0 Å². The van der Waals surface area contributed by atoms with E-state index in [9.17, 15) is 0 Å². The maximum absolute atomic E-state index is 3.76. The Balaban J connectivity index is 2.29. The predicted octanol–water partition coefficient (Wildman–Crippen LogP) is 3.15. The van der Waals surface area contributed by atoms with E-state index < -0.39 is 0 Å². The lowest BCUT2D eigenvalue weighted by Gasteiger charge is -2.33. The van der Waals surface area contributed by atoms with Crippen LogP contribution in [0.25, 0.3) is 0 Å². The van der Waals surface area contributed by atoms with Crippen LogP contribution in [0, 0.1) is 11.8 Å². The summed E-state index contributed by atoms with van der Waals surface area (Å²) in [6.07, 6.45) is 6.37. The minimum atomic E-state index is 0.674. The van der Waals surface area contributed by atoms with Gasteiger partial charge in [0.05, 0.1) is 0 Å². The Morgan fingerprint density at radius 1 is 1.21 bits per heavy atom. The molecule has 0 bridgehead atoms. The molecule has 84 valence electrons. The highest BCUT2D eigenvalue weighted by Crippen LogP contribution is 2.28. The van der Waals surface area contributed by atoms with Crippen molar-refractivity contribution >= 4 is 11.8 Å². The zero-order valence-electron chi connectivity index (χ0n) is 10.0. The number of hydrogen-bond acceptors (Lipinski definition) is 2. The summed E-state index contributed by atoms with van der Waals surface area (Å²) >= 11 is 1.94. The average molecular weight is 215 g/mol. The molecule has 0 radical (unpaired) electrons. The van der Waals surface area contributed by atoms with Gasteiger partial charge >= 0.3 is 0 Å². The van der Waals surface area contributed by atoms with Crippen molar-refractivity contribution in [3.8, 4) is 0 Å². The first kappa shape index (κ1) is 12.4. The van der Waals surface area contributed by atoms with Gasteiger partial charge < -0.3 is 5.32 Å². The Morgan fingerprint density at radius 3 is 2.29 bits per heavy atom. The smallest absolute Gasteiger partial charge is 0.0132 e. The van der Waals surface area contributed by atoms with Gasteiger partial charge in [0.25, 0.3) is 0 Å². The molecule has 14 heavy (non-hydrogen) atoms. The summed E-state index contributed by atoms with van der Waals surface area (Å²) in [5.74, 6) is 3.06. The molecule has 1 saturated carbocycles. The largest absolute Gasteiger partial charge is 0.311 e. The molecule has 2 heteroatoms. The fourth-order valence-electron chi connectivity index (χ4n) is 2.78. The van der Waals surface area contributed by atoms with Crippen LogP contribution in [-0.2, 0) is 0 Å². The third kappa shape index (κ3) is 4.22. The van der Waals surface area contributed by atoms with Crippen molar-refractivity contribution in [2.45, 2.75) is 52.1 Å². The Labute approximate surface area is 93.4 Å². The molecule has 1 N–H and O–H groups in total. The van der Waals surface area contributed by atoms with Gasteiger partial charge in [0.2, 0.25) is 0 Å². The SMILES string of the molecule is CSCC(C)NC1CC(C)CC(C)C1. The second-order valence-corrected chi connectivity index (χ2v) is 6.05. The van der Waals surface area contributed by atoms with Gasteiger partial charge in [0.15, 0.2) is 0 Å². The molecule has 1 fully saturated rings. The van der Waals surface area contributed by atoms with E-state index in [0.29, 0.717) is 6.04 Å². The molecule has 3 unspecified atom stereocenters. The molecule has 1 aliphatic rings. The average Bonchev–Trinajstić information content (AvgIpc) is 2.01. The van der Waals surface area contributed by atoms with Crippen LogP contribution in [0.15, 0.2) is 0 Å². The van der Waals surface area contributed by atoms with Gasteiger partial charge in [0.1, 0.15) is 0 Å². The Kier molecular flexibility index (Phi) is 5.32. The van der Waals surface area contributed by atoms with Gasteiger partial charge in [-0.05, 0) is 44.3 Å². The monoisotopic (exact) mass is 215 g/mol. The molecule has 0 heterocycles. The fourth-order valence-corrected chi connectivity index (χ4v) is 3.38. The van der Waals surface area contributed by atoms with Crippen molar-refractivity contribution in [2.24, 2.45) is 11.8 Å². The number of hydrogen-bond donors (Lipinski definition) is 1. The van der Waals surface area contributed by atoms with Crippen molar-refractivity contribution in [2.75, 3.05) is 12.0 Å². The van der Waals surface area contributed by atoms with E-state index in [-0.39, 0.29) is 0 Å². The third-order valence-corrected chi connectivity index (χ3v) is 3.95. The lowest BCUT2D eigenvalue weighted by atomic mass is 9.80. The zero-order chi connectivity index (χ0) is 10.6. The molecule has 0 saturated heterocycles. The fraction of sp³-hybridized carbons (Fsp3) is 1.00. The molecule has 0 amide bonds. The lowest BCUT2D eigenvalue weighted by Crippen LogP contribution is -2.42. The van der Waals surface area contributed by atoms with E-state index in [2.05, 4.69) is 32.3 Å². The highest BCUT2D eigenvalue weighted by Gasteiger charge is 2.24. The van der Waals surface area contributed by atoms with Gasteiger partial charge in [-0.2, -0.15) is 11.8 Å². The van der Waals surface area contributed by atoms with Crippen LogP contribution >= 0.6 is 11.8 Å². The quantitative estimate of drug-likeness (QED) is 0.773. The summed E-state index contributed by atoms with van der Waals surface area (Å²) in [7, 11) is 0. The topological polar surface area (TPSA) is 12.0 Å². The maximum Gasteiger partial charge on any atom is 0.0132 e. The zero-order valence-corrected chi connectivity index (χ0v) is 10.9. The van der Waals surface area contributed by atoms with Gasteiger partial charge in [-0.1, -0.05) is 13.8 Å². The summed E-state index contributed by atoms with van der Waals surface area (Å²) in [6, 6.07) is 1.45. The molecule has 0 aromatic rings. The van der Waals surface area contributed by atoms with Crippen molar-refractivity contribution in [1.82, 2.24) is 5.32 Å². The highest BCUT2D eigenvalue weighted by molar-refractivity contribution is 7.98. The molecule has 0 aromatic heterocycles. The van der Waals surface area contributed by atoms with E-state index in [1.54, 1.807) is 0 Å². The van der Waals surface area contributed by atoms with Crippen LogP contribution in [0.1, 0.15) is 40.0 Å². The summed E-state index contributed by atoms with van der Waals surface area (Å²) in [6.45, 7) is 7.09. The van der Waals surface area contributed by atoms with Crippen molar-refractivity contribution in [3.63, 3.8) is 0 Å². The number of nitrogens with one attached hydrogen (secondary N) is 1. The standard InChI is InChI=1S/C12H25NS/c1-9-5-10(2)7-12(6-9)13-11(3)8-14-4/h9-13H,5-8H2,1-4H3. The first-order valence-corrected chi connectivity index (χ1v) is 7.26. The minimum absolute atomic E-state index is 0.674. The molecule has 1 nitrogen and oxygen atoms in total. The molecular weight excluding hydrogens is 190 g/mol. The maximum atomic E-state index is 3.76. The Bertz CT molecular complexity index is 150. The van der Waals surface area contributed by atoms with E-state index in [0.717, 1.165) is 17.9 Å². The first-order chi connectivity index (χ1) is 6.61. The normalized spacial score (nSPS) is 35.6. The van der Waals surface area contributed by atoms with Gasteiger partial charge in [-0.3, -0.25) is 0 Å².